The van der Waals surface area contributed by atoms with E-state index in [0.717, 1.165) is 13.1 Å². The second-order valence-corrected chi connectivity index (χ2v) is 6.60. The number of hydrogen-bond acceptors (Lipinski definition) is 2. The molecule has 2 aromatic rings. The second-order valence-electron chi connectivity index (χ2n) is 6.60. The molecule has 0 radical (unpaired) electrons. The van der Waals surface area contributed by atoms with Gasteiger partial charge in [0.2, 0.25) is 0 Å². The van der Waals surface area contributed by atoms with Gasteiger partial charge in [-0.05, 0) is 57.9 Å². The van der Waals surface area contributed by atoms with Gasteiger partial charge in [0.25, 0.3) is 0 Å². The van der Waals surface area contributed by atoms with Crippen molar-refractivity contribution in [2.75, 3.05) is 22.9 Å². The SMILES string of the molecule is Cc1ccc(N2CCN(c3ccc(C)cc3C)C2C)c(C)c1. The van der Waals surface area contributed by atoms with Crippen molar-refractivity contribution in [3.05, 3.63) is 58.7 Å². The minimum atomic E-state index is 0.391. The highest BCUT2D eigenvalue weighted by molar-refractivity contribution is 5.62. The van der Waals surface area contributed by atoms with Crippen molar-refractivity contribution in [3.63, 3.8) is 0 Å². The topological polar surface area (TPSA) is 6.48 Å². The molecule has 0 saturated carbocycles. The Balaban J connectivity index is 1.90. The Morgan fingerprint density at radius 2 is 1.14 bits per heavy atom. The normalized spacial score (nSPS) is 15.7. The zero-order chi connectivity index (χ0) is 15.9. The van der Waals surface area contributed by atoms with Gasteiger partial charge in [-0.15, -0.1) is 0 Å². The summed E-state index contributed by atoms with van der Waals surface area (Å²) >= 11 is 0. The molecule has 0 N–H and O–H groups in total. The van der Waals surface area contributed by atoms with Crippen LogP contribution in [0.1, 0.15) is 29.2 Å². The van der Waals surface area contributed by atoms with Crippen LogP contribution < -0.4 is 9.80 Å². The van der Waals surface area contributed by atoms with Gasteiger partial charge in [-0.2, -0.15) is 0 Å². The summed E-state index contributed by atoms with van der Waals surface area (Å²) in [5, 5.41) is 0. The third-order valence-electron chi connectivity index (χ3n) is 4.81. The molecule has 1 aliphatic rings. The van der Waals surface area contributed by atoms with Crippen LogP contribution >= 0.6 is 0 Å². The molecule has 1 aliphatic heterocycles. The minimum absolute atomic E-state index is 0.391. The van der Waals surface area contributed by atoms with Crippen molar-refractivity contribution < 1.29 is 0 Å². The first kappa shape index (κ1) is 15.0. The van der Waals surface area contributed by atoms with Gasteiger partial charge in [-0.25, -0.2) is 0 Å². The van der Waals surface area contributed by atoms with Gasteiger partial charge < -0.3 is 9.80 Å². The van der Waals surface area contributed by atoms with Crippen LogP contribution in [0.3, 0.4) is 0 Å². The molecule has 2 heteroatoms. The van der Waals surface area contributed by atoms with E-state index < -0.39 is 0 Å². The quantitative estimate of drug-likeness (QED) is 0.799. The molecule has 2 aromatic carbocycles. The molecular weight excluding hydrogens is 268 g/mol. The summed E-state index contributed by atoms with van der Waals surface area (Å²) in [6.07, 6.45) is 0.391. The smallest absolute Gasteiger partial charge is 0.0988 e. The Bertz CT molecular complexity index is 631. The van der Waals surface area contributed by atoms with Crippen LogP contribution in [0, 0.1) is 27.7 Å². The number of nitrogens with zero attached hydrogens (tertiary/aromatic N) is 2. The van der Waals surface area contributed by atoms with Crippen LogP contribution in [-0.2, 0) is 0 Å². The maximum Gasteiger partial charge on any atom is 0.0988 e. The Labute approximate surface area is 134 Å². The maximum atomic E-state index is 2.52. The number of hydrogen-bond donors (Lipinski definition) is 0. The third kappa shape index (κ3) is 2.58. The van der Waals surface area contributed by atoms with Gasteiger partial charge >= 0.3 is 0 Å². The highest BCUT2D eigenvalue weighted by Crippen LogP contribution is 2.32. The number of rotatable bonds is 2. The molecule has 0 bridgehead atoms. The lowest BCUT2D eigenvalue weighted by Crippen LogP contribution is -2.36. The van der Waals surface area contributed by atoms with Gasteiger partial charge in [0.1, 0.15) is 0 Å². The van der Waals surface area contributed by atoms with Crippen LogP contribution in [0.15, 0.2) is 36.4 Å². The molecule has 0 atom stereocenters. The lowest BCUT2D eigenvalue weighted by Gasteiger charge is -2.31. The Kier molecular flexibility index (Phi) is 3.86. The van der Waals surface area contributed by atoms with Crippen molar-refractivity contribution in [2.45, 2.75) is 40.8 Å². The molecule has 116 valence electrons. The average molecular weight is 294 g/mol. The molecule has 0 aromatic heterocycles. The molecule has 22 heavy (non-hydrogen) atoms. The first-order valence-electron chi connectivity index (χ1n) is 8.15. The molecule has 1 fully saturated rings. The van der Waals surface area contributed by atoms with E-state index in [1.54, 1.807) is 0 Å². The zero-order valence-electron chi connectivity index (χ0n) is 14.4. The average Bonchev–Trinajstić information content (AvgIpc) is 2.81. The van der Waals surface area contributed by atoms with Crippen molar-refractivity contribution in [2.24, 2.45) is 0 Å². The van der Waals surface area contributed by atoms with Crippen molar-refractivity contribution >= 4 is 11.4 Å². The van der Waals surface area contributed by atoms with E-state index in [2.05, 4.69) is 80.8 Å². The summed E-state index contributed by atoms with van der Waals surface area (Å²) < 4.78 is 0. The maximum absolute atomic E-state index is 2.52. The molecular formula is C20H26N2. The highest BCUT2D eigenvalue weighted by atomic mass is 15.4. The summed E-state index contributed by atoms with van der Waals surface area (Å²) in [6.45, 7) is 13.2. The fraction of sp³-hybridized carbons (Fsp3) is 0.400. The van der Waals surface area contributed by atoms with Gasteiger partial charge in [0.05, 0.1) is 6.17 Å². The van der Waals surface area contributed by atoms with E-state index >= 15 is 0 Å². The van der Waals surface area contributed by atoms with E-state index in [1.807, 2.05) is 0 Å². The minimum Gasteiger partial charge on any atom is -0.349 e. The van der Waals surface area contributed by atoms with Crippen LogP contribution in [0.5, 0.6) is 0 Å². The first-order chi connectivity index (χ1) is 10.5. The summed E-state index contributed by atoms with van der Waals surface area (Å²) in [4.78, 5) is 5.04. The van der Waals surface area contributed by atoms with Gasteiger partial charge in [0, 0.05) is 24.5 Å². The molecule has 1 heterocycles. The molecule has 0 unspecified atom stereocenters. The fourth-order valence-corrected chi connectivity index (χ4v) is 3.66. The zero-order valence-corrected chi connectivity index (χ0v) is 14.4. The Hall–Kier alpha value is -1.96. The third-order valence-corrected chi connectivity index (χ3v) is 4.81. The van der Waals surface area contributed by atoms with E-state index in [4.69, 9.17) is 0 Å². The summed E-state index contributed by atoms with van der Waals surface area (Å²) in [6, 6.07) is 13.5. The monoisotopic (exact) mass is 294 g/mol. The fourth-order valence-electron chi connectivity index (χ4n) is 3.66. The molecule has 2 nitrogen and oxygen atoms in total. The van der Waals surface area contributed by atoms with Crippen LogP contribution in [0.25, 0.3) is 0 Å². The standard InChI is InChI=1S/C20H26N2/c1-14-6-8-19(16(3)12-14)21-10-11-22(18(21)5)20-9-7-15(2)13-17(20)4/h6-9,12-13,18H,10-11H2,1-5H3. The van der Waals surface area contributed by atoms with Crippen LogP contribution in [0.4, 0.5) is 11.4 Å². The number of aryl methyl sites for hydroxylation is 4. The van der Waals surface area contributed by atoms with E-state index in [-0.39, 0.29) is 0 Å². The molecule has 0 spiro atoms. The summed E-state index contributed by atoms with van der Waals surface area (Å²) in [7, 11) is 0. The molecule has 1 saturated heterocycles. The number of benzene rings is 2. The largest absolute Gasteiger partial charge is 0.349 e. The van der Waals surface area contributed by atoms with Crippen LogP contribution in [-0.4, -0.2) is 19.3 Å². The van der Waals surface area contributed by atoms with Crippen molar-refractivity contribution in [3.8, 4) is 0 Å². The number of anilines is 2. The predicted molar refractivity (Wildman–Crippen MR) is 96.0 cm³/mol. The van der Waals surface area contributed by atoms with E-state index in [9.17, 15) is 0 Å². The van der Waals surface area contributed by atoms with Crippen molar-refractivity contribution in [1.82, 2.24) is 0 Å². The lowest BCUT2D eigenvalue weighted by molar-refractivity contribution is 0.729. The van der Waals surface area contributed by atoms with Gasteiger partial charge in [0.15, 0.2) is 0 Å². The molecule has 0 aliphatic carbocycles. The first-order valence-corrected chi connectivity index (χ1v) is 8.15. The second kappa shape index (κ2) is 5.68. The lowest BCUT2D eigenvalue weighted by atomic mass is 10.1. The van der Waals surface area contributed by atoms with Gasteiger partial charge in [-0.3, -0.25) is 0 Å². The molecule has 0 amide bonds. The molecule has 3 rings (SSSR count). The van der Waals surface area contributed by atoms with E-state index in [0.29, 0.717) is 6.17 Å². The van der Waals surface area contributed by atoms with Crippen LogP contribution in [0.2, 0.25) is 0 Å². The predicted octanol–water partition coefficient (Wildman–Crippen LogP) is 4.59. The van der Waals surface area contributed by atoms with E-state index in [1.165, 1.54) is 33.6 Å². The highest BCUT2D eigenvalue weighted by Gasteiger charge is 2.30. The Morgan fingerprint density at radius 3 is 1.50 bits per heavy atom. The summed E-state index contributed by atoms with van der Waals surface area (Å²) in [5.41, 5.74) is 8.14. The van der Waals surface area contributed by atoms with Gasteiger partial charge in [-0.1, -0.05) is 35.4 Å². The Morgan fingerprint density at radius 1 is 0.727 bits per heavy atom. The summed E-state index contributed by atoms with van der Waals surface area (Å²) in [5.74, 6) is 0. The van der Waals surface area contributed by atoms with Crippen molar-refractivity contribution in [1.29, 1.82) is 0 Å².